The maximum atomic E-state index is 12.4. The highest BCUT2D eigenvalue weighted by Crippen LogP contribution is 2.43. The maximum absolute atomic E-state index is 12.4. The molecule has 0 atom stereocenters. The normalized spacial score (nSPS) is 13.0. The Labute approximate surface area is 786 Å². The minimum atomic E-state index is -1.19. The van der Waals surface area contributed by atoms with Crippen molar-refractivity contribution in [2.45, 2.75) is 178 Å². The van der Waals surface area contributed by atoms with E-state index in [1.165, 1.54) is 66.7 Å². The molecule has 3 aliphatic carbocycles. The number of carbonyl (C=O) groups excluding carboxylic acids is 3. The van der Waals surface area contributed by atoms with Gasteiger partial charge in [0.25, 0.3) is 0 Å². The molecule has 6 aromatic heterocycles. The van der Waals surface area contributed by atoms with E-state index in [2.05, 4.69) is 155 Å². The number of aromatic nitrogens is 9. The Morgan fingerprint density at radius 3 is 1.11 bits per heavy atom. The summed E-state index contributed by atoms with van der Waals surface area (Å²) >= 11 is 6.20. The van der Waals surface area contributed by atoms with E-state index in [0.717, 1.165) is 171 Å². The van der Waals surface area contributed by atoms with Gasteiger partial charge >= 0.3 is 0 Å². The lowest BCUT2D eigenvalue weighted by molar-refractivity contribution is -0.112. The highest BCUT2D eigenvalue weighted by molar-refractivity contribution is 6.76. The largest absolute Gasteiger partial charge is 0.495 e. The van der Waals surface area contributed by atoms with E-state index in [1.807, 2.05) is 128 Å². The van der Waals surface area contributed by atoms with Crippen molar-refractivity contribution in [3.63, 3.8) is 0 Å². The average molecular weight is 1860 g/mol. The third-order valence-electron chi connectivity index (χ3n) is 21.9. The number of ether oxygens (including phenoxy) is 5. The predicted molar refractivity (Wildman–Crippen MR) is 556 cm³/mol. The molecule has 0 unspecified atom stereocenters. The van der Waals surface area contributed by atoms with Crippen molar-refractivity contribution < 1.29 is 43.2 Å². The Balaban J connectivity index is 0.000000318. The van der Waals surface area contributed by atoms with Crippen LogP contribution in [0.1, 0.15) is 124 Å². The molecule has 0 radical (unpaired) electrons. The molecule has 0 saturated carbocycles. The predicted octanol–water partition coefficient (Wildman–Crippen LogP) is 20.1. The molecule has 0 fully saturated rings. The summed E-state index contributed by atoms with van der Waals surface area (Å²) < 4.78 is 34.6. The molecule has 0 bridgehead atoms. The second-order valence-electron chi connectivity index (χ2n) is 35.2. The summed E-state index contributed by atoms with van der Waals surface area (Å²) in [6, 6.07) is 19.4. The van der Waals surface area contributed by atoms with E-state index in [9.17, 15) is 19.5 Å². The van der Waals surface area contributed by atoms with Gasteiger partial charge in [-0.15, -0.1) is 0 Å². The Morgan fingerprint density at radius 2 is 0.786 bits per heavy atom. The van der Waals surface area contributed by atoms with E-state index in [-0.39, 0.29) is 54.2 Å². The topological polar surface area (TPSA) is 315 Å². The van der Waals surface area contributed by atoms with Gasteiger partial charge in [0, 0.05) is 143 Å². The van der Waals surface area contributed by atoms with Crippen LogP contribution < -0.4 is 61.2 Å². The SMILES string of the molecule is C.C.C.C.C=CC(=O)Nc1cc(N)c(OC)cc1N(C)CCN(C)C.C=CC(=O)Nc1cc(Nc2nc(C3=CCCCC3)c3ccn(CO)c3n2)c(OC)cc1N(C)CCN(C)C.C=CC(=O)Nc1cc(Nc2nc(C3=CCCCC3)c3ccn(COCC[Si](C)(C)C)c3n2)c(OC)cc1N(C)CCN(C)C.C[Si](C)(C)CCOCn1ccc2c(C3=CCCCC3)nc(Cl)nc21. The number of hydrogen-bond acceptors (Lipinski definition) is 24. The standard InChI is InChI=1S/C33H49N7O3Si.C28H37N7O3.C18H26ClN3OSi.C15H24N4O2.4CH4/c1-9-30(41)34-26-21-27(29(42-5)22-28(26)39(4)18-17-38(2)3)35-33-36-31(24-13-11-10-12-14-24)25-15-16-40(32(25)37-33)23-43-19-20-44(6,7)8;1-6-25(37)29-21-16-22(24(38-5)17-23(21)34(4)15-14-33(2)3)30-28-31-26(19-10-8-7-9-11-19)20-12-13-35(18-36)27(20)32-28;1-24(2,3)12-11-23-13-22-10-9-15-16(14-7-5-4-6-8-14)20-18(19)21-17(15)22;1-6-15(20)17-12-9-11(16)14(21-5)10-13(12)19(4)8-7-18(2)3;;;;/h9,13,15-16,21-22H,1,10-12,14,17-20,23H2,2-8H3,(H,34,41)(H,35,36,37);6,10,12-13,16-17,36H,1,7-9,11,14-15,18H2,2-5H3,(H,29,37)(H,30,31,32);7,9-10H,4-6,8,11-13H2,1-3H3;6,9-10H,1,7-8,16H2,2-5H3,(H,17,20);4*1H4. The van der Waals surface area contributed by atoms with Gasteiger partial charge in [-0.25, -0.2) is 15.0 Å². The van der Waals surface area contributed by atoms with Crippen molar-refractivity contribution >= 4 is 158 Å². The fourth-order valence-corrected chi connectivity index (χ4v) is 16.1. The molecular weight excluding hydrogens is 1710 g/mol. The molecule has 718 valence electrons. The number of benzene rings is 3. The van der Waals surface area contributed by atoms with Gasteiger partial charge in [0.15, 0.2) is 0 Å². The summed E-state index contributed by atoms with van der Waals surface area (Å²) in [5.74, 6) is 1.72. The zero-order valence-corrected chi connectivity index (χ0v) is 80.8. The molecule has 6 heterocycles. The number of amides is 3. The summed E-state index contributed by atoms with van der Waals surface area (Å²) in [5.41, 5.74) is 20.8. The Bertz CT molecular complexity index is 5360. The molecule has 12 rings (SSSR count). The minimum Gasteiger partial charge on any atom is -0.495 e. The number of aliphatic hydroxyl groups is 1. The van der Waals surface area contributed by atoms with Crippen LogP contribution in [-0.2, 0) is 44.0 Å². The number of fused-ring (bicyclic) bond motifs is 3. The Kier molecular flexibility index (Phi) is 44.7. The van der Waals surface area contributed by atoms with E-state index in [4.69, 9.17) is 61.0 Å². The lowest BCUT2D eigenvalue weighted by Crippen LogP contribution is -2.29. The van der Waals surface area contributed by atoms with Gasteiger partial charge in [-0.05, 0) is 214 Å². The lowest BCUT2D eigenvalue weighted by atomic mass is 9.96. The summed E-state index contributed by atoms with van der Waals surface area (Å²) in [7, 11) is 20.6. The van der Waals surface area contributed by atoms with Crippen LogP contribution >= 0.6 is 11.6 Å². The van der Waals surface area contributed by atoms with Crippen LogP contribution in [0.15, 0.2) is 129 Å². The van der Waals surface area contributed by atoms with Crippen molar-refractivity contribution in [2.75, 3.05) is 184 Å². The molecule has 3 amide bonds. The minimum absolute atomic E-state index is 0. The fourth-order valence-electron chi connectivity index (χ4n) is 14.5. The number of nitrogens with two attached hydrogens (primary N) is 1. The second-order valence-corrected chi connectivity index (χ2v) is 46.8. The number of allylic oxidation sites excluding steroid dienone is 6. The highest BCUT2D eigenvalue weighted by atomic mass is 35.5. The van der Waals surface area contributed by atoms with Crippen molar-refractivity contribution in [3.05, 3.63) is 152 Å². The first-order chi connectivity index (χ1) is 60.6. The summed E-state index contributed by atoms with van der Waals surface area (Å²) in [6.45, 7) is 32.0. The van der Waals surface area contributed by atoms with Crippen molar-refractivity contribution in [1.29, 1.82) is 0 Å². The monoisotopic (exact) mass is 1860 g/mol. The summed E-state index contributed by atoms with van der Waals surface area (Å²) in [6.07, 6.45) is 29.8. The average Bonchev–Trinajstić information content (AvgIpc) is 1.64. The summed E-state index contributed by atoms with van der Waals surface area (Å²) in [5, 5.41) is 28.6. The molecule has 8 N–H and O–H groups in total. The maximum Gasteiger partial charge on any atom is 0.247 e. The second kappa shape index (κ2) is 52.9. The van der Waals surface area contributed by atoms with Crippen molar-refractivity contribution in [3.8, 4) is 17.2 Å². The van der Waals surface area contributed by atoms with Crippen LogP contribution in [0.2, 0.25) is 56.7 Å². The van der Waals surface area contributed by atoms with Gasteiger partial charge < -0.3 is 104 Å². The number of likely N-dealkylation sites (N-methyl/N-ethyl adjacent to an activating group) is 6. The van der Waals surface area contributed by atoms with Gasteiger partial charge in [0.05, 0.1) is 89.6 Å². The van der Waals surface area contributed by atoms with Gasteiger partial charge in [-0.1, -0.05) is 107 Å². The number of anilines is 11. The van der Waals surface area contributed by atoms with Crippen LogP contribution in [-0.4, -0.2) is 235 Å². The number of nitrogens with zero attached hydrogens (tertiary/aromatic N) is 15. The van der Waals surface area contributed by atoms with Crippen molar-refractivity contribution in [1.82, 2.24) is 58.3 Å². The van der Waals surface area contributed by atoms with Crippen LogP contribution in [0.5, 0.6) is 17.2 Å². The molecule has 3 aromatic carbocycles. The zero-order valence-electron chi connectivity index (χ0n) is 78.1. The molecule has 131 heavy (non-hydrogen) atoms. The van der Waals surface area contributed by atoms with Crippen LogP contribution in [0, 0.1) is 0 Å². The van der Waals surface area contributed by atoms with Gasteiger partial charge in [-0.2, -0.15) is 15.0 Å². The molecule has 9 aromatic rings. The van der Waals surface area contributed by atoms with E-state index >= 15 is 0 Å². The highest BCUT2D eigenvalue weighted by Gasteiger charge is 2.26. The van der Waals surface area contributed by atoms with Gasteiger partial charge in [0.2, 0.25) is 34.9 Å². The number of halogens is 1. The number of hydrogen-bond donors (Lipinski definition) is 7. The number of methoxy groups -OCH3 is 3. The third-order valence-corrected chi connectivity index (χ3v) is 25.5. The van der Waals surface area contributed by atoms with E-state index < -0.39 is 16.1 Å². The molecule has 30 nitrogen and oxygen atoms in total. The molecule has 3 aliphatic rings. The zero-order chi connectivity index (χ0) is 92.2. The smallest absolute Gasteiger partial charge is 0.247 e. The number of nitrogen functional groups attached to an aromatic ring is 1. The first-order valence-electron chi connectivity index (χ1n) is 43.6. The Hall–Kier alpha value is -10.9. The molecule has 0 spiro atoms. The molecule has 33 heteroatoms. The van der Waals surface area contributed by atoms with Crippen LogP contribution in [0.25, 0.3) is 49.8 Å². The van der Waals surface area contributed by atoms with Gasteiger partial charge in [0.1, 0.15) is 54.4 Å². The molecule has 0 saturated heterocycles. The molecular formula is C98H152ClN21O9Si2. The number of aliphatic hydroxyl groups excluding tert-OH is 1. The summed E-state index contributed by atoms with van der Waals surface area (Å²) in [4.78, 5) is 77.4. The Morgan fingerprint density at radius 1 is 0.458 bits per heavy atom. The fraction of sp³-hybridized carbons (Fsp3) is 0.480. The van der Waals surface area contributed by atoms with Crippen LogP contribution in [0.4, 0.5) is 63.1 Å². The number of carbonyl (C=O) groups is 3. The first kappa shape index (κ1) is 111. The van der Waals surface area contributed by atoms with Crippen LogP contribution in [0.3, 0.4) is 0 Å². The number of rotatable bonds is 39. The third kappa shape index (κ3) is 32.2. The molecule has 0 aliphatic heterocycles. The quantitative estimate of drug-likeness (QED) is 0.00619. The van der Waals surface area contributed by atoms with E-state index in [1.54, 1.807) is 32.0 Å². The van der Waals surface area contributed by atoms with Gasteiger partial charge in [-0.3, -0.25) is 14.4 Å². The van der Waals surface area contributed by atoms with E-state index in [0.29, 0.717) is 87.7 Å². The lowest BCUT2D eigenvalue weighted by Gasteiger charge is -2.26. The first-order valence-corrected chi connectivity index (χ1v) is 51.4. The number of nitrogens with one attached hydrogen (secondary N) is 5. The van der Waals surface area contributed by atoms with Crippen molar-refractivity contribution in [2.24, 2.45) is 0 Å².